The van der Waals surface area contributed by atoms with Gasteiger partial charge in [0.2, 0.25) is 0 Å². The lowest BCUT2D eigenvalue weighted by atomic mass is 10.2. The van der Waals surface area contributed by atoms with Crippen LogP contribution in [0.4, 0.5) is 19.0 Å². The Kier molecular flexibility index (Phi) is 6.81. The Balaban J connectivity index is 1.44. The van der Waals surface area contributed by atoms with Gasteiger partial charge < -0.3 is 19.7 Å². The number of morpholine rings is 1. The van der Waals surface area contributed by atoms with E-state index in [1.54, 1.807) is 6.20 Å². The Hall–Kier alpha value is -2.81. The van der Waals surface area contributed by atoms with E-state index in [0.29, 0.717) is 0 Å². The van der Waals surface area contributed by atoms with Crippen molar-refractivity contribution in [2.24, 2.45) is 0 Å². The second kappa shape index (κ2) is 9.34. The number of amides is 1. The SMILES string of the molecule is CC1CN(c2ccc(CNC(=O)COc3ccc(C(F)(F)F)cc3)cn2)CC(C)O1. The maximum Gasteiger partial charge on any atom is 0.416 e. The molecule has 6 nitrogen and oxygen atoms in total. The lowest BCUT2D eigenvalue weighted by molar-refractivity contribution is -0.137. The first-order valence-corrected chi connectivity index (χ1v) is 9.63. The predicted octanol–water partition coefficient (Wildman–Crippen LogP) is 3.41. The van der Waals surface area contributed by atoms with Gasteiger partial charge in [0.1, 0.15) is 11.6 Å². The average molecular weight is 423 g/mol. The average Bonchev–Trinajstić information content (AvgIpc) is 2.70. The number of rotatable bonds is 6. The van der Waals surface area contributed by atoms with Gasteiger partial charge in [-0.3, -0.25) is 4.79 Å². The van der Waals surface area contributed by atoms with Crippen LogP contribution in [0.1, 0.15) is 25.0 Å². The van der Waals surface area contributed by atoms with E-state index >= 15 is 0 Å². The zero-order chi connectivity index (χ0) is 21.7. The van der Waals surface area contributed by atoms with Crippen LogP contribution in [0, 0.1) is 0 Å². The molecule has 2 heterocycles. The van der Waals surface area contributed by atoms with Crippen molar-refractivity contribution in [2.45, 2.75) is 38.8 Å². The molecule has 0 radical (unpaired) electrons. The van der Waals surface area contributed by atoms with Crippen LogP contribution in [-0.2, 0) is 22.3 Å². The third-order valence-corrected chi connectivity index (χ3v) is 4.59. The number of nitrogens with zero attached hydrogens (tertiary/aromatic N) is 2. The zero-order valence-electron chi connectivity index (χ0n) is 16.8. The fourth-order valence-corrected chi connectivity index (χ4v) is 3.21. The number of ether oxygens (including phenoxy) is 2. The normalized spacial score (nSPS) is 19.4. The van der Waals surface area contributed by atoms with Crippen molar-refractivity contribution in [1.29, 1.82) is 0 Å². The molecule has 2 unspecified atom stereocenters. The van der Waals surface area contributed by atoms with Gasteiger partial charge in [-0.1, -0.05) is 6.07 Å². The van der Waals surface area contributed by atoms with Crippen LogP contribution in [0.3, 0.4) is 0 Å². The summed E-state index contributed by atoms with van der Waals surface area (Å²) in [5.41, 5.74) is 0.0622. The van der Waals surface area contributed by atoms with E-state index in [1.807, 2.05) is 26.0 Å². The maximum absolute atomic E-state index is 12.5. The Labute approximate surface area is 173 Å². The van der Waals surface area contributed by atoms with Crippen molar-refractivity contribution in [1.82, 2.24) is 10.3 Å². The summed E-state index contributed by atoms with van der Waals surface area (Å²) >= 11 is 0. The van der Waals surface area contributed by atoms with Crippen LogP contribution in [0.5, 0.6) is 5.75 Å². The zero-order valence-corrected chi connectivity index (χ0v) is 16.8. The first-order valence-electron chi connectivity index (χ1n) is 9.63. The minimum absolute atomic E-state index is 0.138. The topological polar surface area (TPSA) is 63.7 Å². The number of nitrogens with one attached hydrogen (secondary N) is 1. The number of carbonyl (C=O) groups is 1. The van der Waals surface area contributed by atoms with Gasteiger partial charge in [0.25, 0.3) is 5.91 Å². The number of alkyl halides is 3. The Morgan fingerprint density at radius 2 is 1.83 bits per heavy atom. The highest BCUT2D eigenvalue weighted by molar-refractivity contribution is 5.77. The minimum atomic E-state index is -4.40. The van der Waals surface area contributed by atoms with Crippen molar-refractivity contribution in [2.75, 3.05) is 24.6 Å². The Morgan fingerprint density at radius 1 is 1.17 bits per heavy atom. The van der Waals surface area contributed by atoms with Gasteiger partial charge in [-0.05, 0) is 49.7 Å². The Morgan fingerprint density at radius 3 is 2.40 bits per heavy atom. The monoisotopic (exact) mass is 423 g/mol. The van der Waals surface area contributed by atoms with Crippen LogP contribution in [0.2, 0.25) is 0 Å². The smallest absolute Gasteiger partial charge is 0.416 e. The van der Waals surface area contributed by atoms with Crippen LogP contribution in [0.15, 0.2) is 42.6 Å². The number of pyridine rings is 1. The molecule has 9 heteroatoms. The summed E-state index contributed by atoms with van der Waals surface area (Å²) in [7, 11) is 0. The number of aromatic nitrogens is 1. The Bertz CT molecular complexity index is 831. The van der Waals surface area contributed by atoms with Crippen molar-refractivity contribution in [3.63, 3.8) is 0 Å². The minimum Gasteiger partial charge on any atom is -0.484 e. The van der Waals surface area contributed by atoms with Gasteiger partial charge >= 0.3 is 6.18 Å². The summed E-state index contributed by atoms with van der Waals surface area (Å²) in [6, 6.07) is 8.00. The first-order chi connectivity index (χ1) is 14.2. The third kappa shape index (κ3) is 6.09. The van der Waals surface area contributed by atoms with Gasteiger partial charge in [-0.2, -0.15) is 13.2 Å². The number of anilines is 1. The van der Waals surface area contributed by atoms with Crippen LogP contribution in [0.25, 0.3) is 0 Å². The molecule has 3 rings (SSSR count). The van der Waals surface area contributed by atoms with Gasteiger partial charge in [0, 0.05) is 25.8 Å². The summed E-state index contributed by atoms with van der Waals surface area (Å²) in [6.07, 6.45) is -2.42. The van der Waals surface area contributed by atoms with Crippen LogP contribution < -0.4 is 15.0 Å². The number of benzene rings is 1. The molecule has 1 aromatic heterocycles. The van der Waals surface area contributed by atoms with Crippen molar-refractivity contribution in [3.8, 4) is 5.75 Å². The highest BCUT2D eigenvalue weighted by atomic mass is 19.4. The standard InChI is InChI=1S/C21H24F3N3O3/c1-14-11-27(12-15(2)30-14)19-8-3-16(9-25-19)10-26-20(28)13-29-18-6-4-17(5-7-18)21(22,23)24/h3-9,14-15H,10-13H2,1-2H3,(H,26,28). The molecule has 1 aromatic carbocycles. The first kappa shape index (κ1) is 21.9. The predicted molar refractivity (Wildman–Crippen MR) is 105 cm³/mol. The molecule has 1 fully saturated rings. The van der Waals surface area contributed by atoms with Gasteiger partial charge in [0.15, 0.2) is 6.61 Å². The molecule has 2 aromatic rings. The molecular weight excluding hydrogens is 399 g/mol. The summed E-state index contributed by atoms with van der Waals surface area (Å²) < 4.78 is 48.6. The summed E-state index contributed by atoms with van der Waals surface area (Å²) in [5, 5.41) is 2.70. The fourth-order valence-electron chi connectivity index (χ4n) is 3.21. The van der Waals surface area contributed by atoms with Crippen molar-refractivity contribution >= 4 is 11.7 Å². The third-order valence-electron chi connectivity index (χ3n) is 4.59. The van der Waals surface area contributed by atoms with Gasteiger partial charge in [0.05, 0.1) is 17.8 Å². The number of halogens is 3. The highest BCUT2D eigenvalue weighted by Crippen LogP contribution is 2.30. The molecular formula is C21H24F3N3O3. The van der Waals surface area contributed by atoms with E-state index in [0.717, 1.165) is 36.6 Å². The molecule has 1 N–H and O–H groups in total. The summed E-state index contributed by atoms with van der Waals surface area (Å²) in [4.78, 5) is 18.6. The molecule has 1 amide bonds. The molecule has 0 aliphatic carbocycles. The van der Waals surface area contributed by atoms with E-state index < -0.39 is 11.7 Å². The lowest BCUT2D eigenvalue weighted by Crippen LogP contribution is -2.45. The summed E-state index contributed by atoms with van der Waals surface area (Å²) in [5.74, 6) is 0.672. The fraction of sp³-hybridized carbons (Fsp3) is 0.429. The largest absolute Gasteiger partial charge is 0.484 e. The molecule has 1 saturated heterocycles. The molecule has 0 saturated carbocycles. The van der Waals surface area contributed by atoms with Crippen molar-refractivity contribution in [3.05, 3.63) is 53.7 Å². The molecule has 1 aliphatic heterocycles. The lowest BCUT2D eigenvalue weighted by Gasteiger charge is -2.36. The second-order valence-corrected chi connectivity index (χ2v) is 7.27. The van der Waals surface area contributed by atoms with E-state index in [4.69, 9.17) is 9.47 Å². The van der Waals surface area contributed by atoms with E-state index in [1.165, 1.54) is 12.1 Å². The highest BCUT2D eigenvalue weighted by Gasteiger charge is 2.30. The van der Waals surface area contributed by atoms with Gasteiger partial charge in [-0.15, -0.1) is 0 Å². The quantitative estimate of drug-likeness (QED) is 0.772. The number of hydrogen-bond acceptors (Lipinski definition) is 5. The number of carbonyl (C=O) groups excluding carboxylic acids is 1. The molecule has 0 bridgehead atoms. The molecule has 162 valence electrons. The molecule has 0 spiro atoms. The second-order valence-electron chi connectivity index (χ2n) is 7.27. The van der Waals surface area contributed by atoms with Crippen LogP contribution >= 0.6 is 0 Å². The maximum atomic E-state index is 12.5. The van der Waals surface area contributed by atoms with E-state index in [9.17, 15) is 18.0 Å². The van der Waals surface area contributed by atoms with Crippen LogP contribution in [-0.4, -0.2) is 42.8 Å². The van der Waals surface area contributed by atoms with Gasteiger partial charge in [-0.25, -0.2) is 4.98 Å². The molecule has 2 atom stereocenters. The van der Waals surface area contributed by atoms with E-state index in [-0.39, 0.29) is 37.0 Å². The molecule has 30 heavy (non-hydrogen) atoms. The summed E-state index contributed by atoms with van der Waals surface area (Å²) in [6.45, 7) is 5.58. The molecule has 1 aliphatic rings. The van der Waals surface area contributed by atoms with E-state index in [2.05, 4.69) is 15.2 Å². The number of hydrogen-bond donors (Lipinski definition) is 1. The van der Waals surface area contributed by atoms with Crippen molar-refractivity contribution < 1.29 is 27.4 Å².